The molecule has 0 fully saturated rings. The zero-order chi connectivity index (χ0) is 12.1. The predicted octanol–water partition coefficient (Wildman–Crippen LogP) is 0.509. The first-order valence-corrected chi connectivity index (χ1v) is 4.92. The van der Waals surface area contributed by atoms with E-state index in [9.17, 15) is 9.59 Å². The van der Waals surface area contributed by atoms with Crippen LogP contribution in [0, 0.1) is 0 Å². The first-order chi connectivity index (χ1) is 8.24. The normalized spacial score (nSPS) is 10.6. The molecule has 1 aromatic heterocycles. The lowest BCUT2D eigenvalue weighted by Crippen LogP contribution is -2.22. The van der Waals surface area contributed by atoms with Crippen molar-refractivity contribution in [3.63, 3.8) is 0 Å². The monoisotopic (exact) mass is 230 g/mol. The fraction of sp³-hybridized carbons (Fsp3) is 0. The number of anilines is 1. The quantitative estimate of drug-likeness (QED) is 0.530. The molecule has 0 saturated heterocycles. The lowest BCUT2D eigenvalue weighted by molar-refractivity contribution is 1.03. The van der Waals surface area contributed by atoms with Crippen molar-refractivity contribution in [2.45, 2.75) is 0 Å². The number of aromatic nitrogens is 2. The van der Waals surface area contributed by atoms with E-state index in [0.717, 1.165) is 5.56 Å². The van der Waals surface area contributed by atoms with Gasteiger partial charge in [-0.1, -0.05) is 30.3 Å². The maximum Gasteiger partial charge on any atom is 0.327 e. The Bertz CT molecular complexity index is 599. The number of benzene rings is 1. The van der Waals surface area contributed by atoms with E-state index >= 15 is 0 Å². The van der Waals surface area contributed by atoms with Gasteiger partial charge in [0.15, 0.2) is 0 Å². The van der Waals surface area contributed by atoms with E-state index in [4.69, 9.17) is 0 Å². The highest BCUT2D eigenvalue weighted by atomic mass is 16.2. The Labute approximate surface area is 96.0 Å². The second kappa shape index (κ2) is 4.93. The van der Waals surface area contributed by atoms with Gasteiger partial charge in [0.25, 0.3) is 5.56 Å². The molecule has 0 aliphatic carbocycles. The van der Waals surface area contributed by atoms with E-state index in [1.165, 1.54) is 6.07 Å². The van der Waals surface area contributed by atoms with Gasteiger partial charge in [0.1, 0.15) is 5.82 Å². The van der Waals surface area contributed by atoms with Crippen LogP contribution in [0.2, 0.25) is 0 Å². The summed E-state index contributed by atoms with van der Waals surface area (Å²) in [7, 11) is 0. The molecule has 6 heteroatoms. The second-order valence-electron chi connectivity index (χ2n) is 3.28. The molecular formula is C11H10N4O2. The third-order valence-electron chi connectivity index (χ3n) is 1.96. The van der Waals surface area contributed by atoms with E-state index in [-0.39, 0.29) is 5.82 Å². The van der Waals surface area contributed by atoms with Gasteiger partial charge in [0.2, 0.25) is 0 Å². The van der Waals surface area contributed by atoms with Crippen molar-refractivity contribution >= 4 is 12.0 Å². The Hall–Kier alpha value is -2.63. The summed E-state index contributed by atoms with van der Waals surface area (Å²) >= 11 is 0. The second-order valence-corrected chi connectivity index (χ2v) is 3.28. The standard InChI is InChI=1S/C11H10N4O2/c16-10-6-9(13-11(17)14-10)15-12-7-8-4-2-1-3-5-8/h1-7H,(H3,13,14,15,16,17)/b12-7-. The molecule has 17 heavy (non-hydrogen) atoms. The van der Waals surface area contributed by atoms with Crippen molar-refractivity contribution in [1.82, 2.24) is 9.97 Å². The van der Waals surface area contributed by atoms with Crippen LogP contribution in [0.5, 0.6) is 0 Å². The molecule has 1 aromatic carbocycles. The third-order valence-corrected chi connectivity index (χ3v) is 1.96. The molecule has 3 N–H and O–H groups in total. The summed E-state index contributed by atoms with van der Waals surface area (Å²) in [6.07, 6.45) is 1.58. The van der Waals surface area contributed by atoms with Crippen LogP contribution >= 0.6 is 0 Å². The van der Waals surface area contributed by atoms with E-state index < -0.39 is 11.2 Å². The van der Waals surface area contributed by atoms with Gasteiger partial charge in [-0.15, -0.1) is 0 Å². The van der Waals surface area contributed by atoms with Crippen LogP contribution < -0.4 is 16.7 Å². The maximum atomic E-state index is 11.0. The third kappa shape index (κ3) is 3.16. The fourth-order valence-electron chi connectivity index (χ4n) is 1.24. The van der Waals surface area contributed by atoms with E-state index in [1.807, 2.05) is 30.3 Å². The molecule has 0 aliphatic rings. The van der Waals surface area contributed by atoms with Crippen LogP contribution in [0.3, 0.4) is 0 Å². The van der Waals surface area contributed by atoms with Gasteiger partial charge in [0, 0.05) is 6.07 Å². The molecule has 1 heterocycles. The van der Waals surface area contributed by atoms with Gasteiger partial charge < -0.3 is 0 Å². The van der Waals surface area contributed by atoms with Crippen LogP contribution in [0.1, 0.15) is 5.56 Å². The van der Waals surface area contributed by atoms with Crippen molar-refractivity contribution in [2.75, 3.05) is 5.43 Å². The Morgan fingerprint density at radius 2 is 1.88 bits per heavy atom. The average molecular weight is 230 g/mol. The SMILES string of the molecule is O=c1cc(N/N=C\c2ccccc2)[nH]c(=O)[nH]1. The molecule has 0 unspecified atom stereocenters. The van der Waals surface area contributed by atoms with Crippen LogP contribution in [0.25, 0.3) is 0 Å². The molecule has 0 amide bonds. The molecular weight excluding hydrogens is 220 g/mol. The summed E-state index contributed by atoms with van der Waals surface area (Å²) in [5, 5.41) is 3.90. The number of rotatable bonds is 3. The van der Waals surface area contributed by atoms with Crippen LogP contribution in [-0.2, 0) is 0 Å². The molecule has 0 bridgehead atoms. The molecule has 0 spiro atoms. The zero-order valence-electron chi connectivity index (χ0n) is 8.81. The predicted molar refractivity (Wildman–Crippen MR) is 65.3 cm³/mol. The van der Waals surface area contributed by atoms with Gasteiger partial charge in [-0.25, -0.2) is 4.79 Å². The smallest absolute Gasteiger partial charge is 0.292 e. The van der Waals surface area contributed by atoms with Gasteiger partial charge in [-0.05, 0) is 5.56 Å². The summed E-state index contributed by atoms with van der Waals surface area (Å²) in [5.41, 5.74) is 2.42. The molecule has 0 radical (unpaired) electrons. The highest BCUT2D eigenvalue weighted by molar-refractivity contribution is 5.79. The number of H-pyrrole nitrogens is 2. The lowest BCUT2D eigenvalue weighted by Gasteiger charge is -1.97. The Morgan fingerprint density at radius 3 is 2.59 bits per heavy atom. The summed E-state index contributed by atoms with van der Waals surface area (Å²) < 4.78 is 0. The largest absolute Gasteiger partial charge is 0.327 e. The number of hydrazone groups is 1. The summed E-state index contributed by atoms with van der Waals surface area (Å²) in [6, 6.07) is 10.6. The van der Waals surface area contributed by atoms with Gasteiger partial charge in [-0.2, -0.15) is 5.10 Å². The zero-order valence-corrected chi connectivity index (χ0v) is 8.81. The summed E-state index contributed by atoms with van der Waals surface area (Å²) in [6.45, 7) is 0. The molecule has 2 rings (SSSR count). The van der Waals surface area contributed by atoms with Gasteiger partial charge in [-0.3, -0.25) is 20.2 Å². The van der Waals surface area contributed by atoms with Gasteiger partial charge >= 0.3 is 5.69 Å². The van der Waals surface area contributed by atoms with Crippen LogP contribution in [0.15, 0.2) is 51.1 Å². The van der Waals surface area contributed by atoms with Crippen LogP contribution in [0.4, 0.5) is 5.82 Å². The van der Waals surface area contributed by atoms with Crippen LogP contribution in [-0.4, -0.2) is 16.2 Å². The molecule has 0 aliphatic heterocycles. The molecule has 0 atom stereocenters. The van der Waals surface area contributed by atoms with Crippen molar-refractivity contribution in [3.05, 3.63) is 62.8 Å². The fourth-order valence-corrected chi connectivity index (χ4v) is 1.24. The molecule has 2 aromatic rings. The number of hydrogen-bond acceptors (Lipinski definition) is 4. The molecule has 86 valence electrons. The minimum absolute atomic E-state index is 0.242. The Kier molecular flexibility index (Phi) is 3.15. The minimum Gasteiger partial charge on any atom is -0.292 e. The van der Waals surface area contributed by atoms with E-state index in [2.05, 4.69) is 20.5 Å². The van der Waals surface area contributed by atoms with E-state index in [0.29, 0.717) is 0 Å². The number of nitrogens with zero attached hydrogens (tertiary/aromatic N) is 1. The van der Waals surface area contributed by atoms with Crippen molar-refractivity contribution < 1.29 is 0 Å². The van der Waals surface area contributed by atoms with Crippen molar-refractivity contribution in [2.24, 2.45) is 5.10 Å². The number of nitrogens with one attached hydrogen (secondary N) is 3. The first kappa shape index (κ1) is 10.9. The van der Waals surface area contributed by atoms with Crippen molar-refractivity contribution in [1.29, 1.82) is 0 Å². The average Bonchev–Trinajstić information content (AvgIpc) is 2.29. The first-order valence-electron chi connectivity index (χ1n) is 4.92. The lowest BCUT2D eigenvalue weighted by atomic mass is 10.2. The molecule has 0 saturated carbocycles. The Balaban J connectivity index is 2.10. The minimum atomic E-state index is -0.574. The number of hydrogen-bond donors (Lipinski definition) is 3. The maximum absolute atomic E-state index is 11.0. The summed E-state index contributed by atoms with van der Waals surface area (Å²) in [5.74, 6) is 0.242. The Morgan fingerprint density at radius 1 is 1.12 bits per heavy atom. The highest BCUT2D eigenvalue weighted by Crippen LogP contribution is 1.96. The van der Waals surface area contributed by atoms with E-state index in [1.54, 1.807) is 6.21 Å². The molecule has 6 nitrogen and oxygen atoms in total. The van der Waals surface area contributed by atoms with Crippen molar-refractivity contribution in [3.8, 4) is 0 Å². The van der Waals surface area contributed by atoms with Gasteiger partial charge in [0.05, 0.1) is 6.21 Å². The number of aromatic amines is 2. The highest BCUT2D eigenvalue weighted by Gasteiger charge is 1.93. The summed E-state index contributed by atoms with van der Waals surface area (Å²) in [4.78, 5) is 26.4. The topological polar surface area (TPSA) is 90.1 Å².